The summed E-state index contributed by atoms with van der Waals surface area (Å²) < 4.78 is 1.69. The summed E-state index contributed by atoms with van der Waals surface area (Å²) in [5.41, 5.74) is 3.96. The molecule has 0 N–H and O–H groups in total. The van der Waals surface area contributed by atoms with E-state index in [1.165, 1.54) is 0 Å². The summed E-state index contributed by atoms with van der Waals surface area (Å²) in [5.74, 6) is 0. The smallest absolute Gasteiger partial charge is 0.173 e. The predicted octanol–water partition coefficient (Wildman–Crippen LogP) is 2.58. The minimum atomic E-state index is 0.496. The third kappa shape index (κ3) is 1.54. The van der Waals surface area contributed by atoms with Crippen molar-refractivity contribution in [2.24, 2.45) is 0 Å². The maximum atomic E-state index is 9.03. The molecule has 0 spiro atoms. The van der Waals surface area contributed by atoms with Crippen LogP contribution in [-0.4, -0.2) is 14.6 Å². The lowest BCUT2D eigenvalue weighted by molar-refractivity contribution is 0.896. The van der Waals surface area contributed by atoms with E-state index in [9.17, 15) is 0 Å². The predicted molar refractivity (Wildman–Crippen MR) is 67.9 cm³/mol. The number of aryl methyl sites for hydroxylation is 1. The Hall–Kier alpha value is -2.67. The molecule has 2 heterocycles. The summed E-state index contributed by atoms with van der Waals surface area (Å²) in [7, 11) is 0. The molecule has 4 nitrogen and oxygen atoms in total. The van der Waals surface area contributed by atoms with Gasteiger partial charge in [0.1, 0.15) is 11.6 Å². The average Bonchev–Trinajstić information content (AvgIpc) is 2.83. The van der Waals surface area contributed by atoms with E-state index in [1.807, 2.05) is 43.3 Å². The molecule has 86 valence electrons. The third-order valence-corrected chi connectivity index (χ3v) is 2.84. The molecule has 0 unspecified atom stereocenters. The zero-order valence-corrected chi connectivity index (χ0v) is 9.83. The summed E-state index contributed by atoms with van der Waals surface area (Å²) >= 11 is 0. The fourth-order valence-corrected chi connectivity index (χ4v) is 1.95. The van der Waals surface area contributed by atoms with Crippen LogP contribution in [0.2, 0.25) is 0 Å². The van der Waals surface area contributed by atoms with Crippen molar-refractivity contribution in [3.8, 4) is 17.3 Å². The molecule has 0 fully saturated rings. The van der Waals surface area contributed by atoms with E-state index in [4.69, 9.17) is 5.26 Å². The van der Waals surface area contributed by atoms with Crippen LogP contribution < -0.4 is 0 Å². The first-order valence-corrected chi connectivity index (χ1v) is 5.60. The standard InChI is InChI=1S/C14H10N4/c1-10-7-13(11-5-3-2-4-6-11)17-14-12(8-15)9-16-18(10)14/h2-7,9H,1H3. The molecule has 0 amide bonds. The lowest BCUT2D eigenvalue weighted by Gasteiger charge is -2.04. The monoisotopic (exact) mass is 234 g/mol. The number of nitriles is 1. The summed E-state index contributed by atoms with van der Waals surface area (Å²) in [6.45, 7) is 1.95. The Kier molecular flexibility index (Phi) is 2.31. The minimum absolute atomic E-state index is 0.496. The molecule has 1 aromatic carbocycles. The van der Waals surface area contributed by atoms with E-state index in [0.29, 0.717) is 11.2 Å². The Morgan fingerprint density at radius 1 is 1.22 bits per heavy atom. The molecule has 0 radical (unpaired) electrons. The van der Waals surface area contributed by atoms with Crippen LogP contribution in [0.4, 0.5) is 0 Å². The van der Waals surface area contributed by atoms with Crippen molar-refractivity contribution in [2.75, 3.05) is 0 Å². The highest BCUT2D eigenvalue weighted by Gasteiger charge is 2.09. The van der Waals surface area contributed by atoms with Gasteiger partial charge in [-0.15, -0.1) is 0 Å². The van der Waals surface area contributed by atoms with Gasteiger partial charge in [0.15, 0.2) is 5.65 Å². The first-order chi connectivity index (χ1) is 8.79. The van der Waals surface area contributed by atoms with Crippen LogP contribution >= 0.6 is 0 Å². The molecular weight excluding hydrogens is 224 g/mol. The number of benzene rings is 1. The van der Waals surface area contributed by atoms with Gasteiger partial charge in [0.25, 0.3) is 0 Å². The van der Waals surface area contributed by atoms with Gasteiger partial charge >= 0.3 is 0 Å². The Bertz CT molecular complexity index is 751. The SMILES string of the molecule is Cc1cc(-c2ccccc2)nc2c(C#N)cnn12. The fraction of sp³-hybridized carbons (Fsp3) is 0.0714. The molecule has 0 bridgehead atoms. The van der Waals surface area contributed by atoms with Gasteiger partial charge in [-0.05, 0) is 13.0 Å². The van der Waals surface area contributed by atoms with Gasteiger partial charge in [0.2, 0.25) is 0 Å². The van der Waals surface area contributed by atoms with Crippen LogP contribution in [0.5, 0.6) is 0 Å². The van der Waals surface area contributed by atoms with Crippen molar-refractivity contribution in [3.05, 3.63) is 53.9 Å². The second-order valence-electron chi connectivity index (χ2n) is 4.05. The molecule has 3 aromatic rings. The van der Waals surface area contributed by atoms with Crippen LogP contribution in [0.1, 0.15) is 11.3 Å². The molecule has 3 rings (SSSR count). The highest BCUT2D eigenvalue weighted by molar-refractivity contribution is 5.65. The first kappa shape index (κ1) is 10.5. The van der Waals surface area contributed by atoms with E-state index in [1.54, 1.807) is 10.7 Å². The van der Waals surface area contributed by atoms with Crippen molar-refractivity contribution in [1.82, 2.24) is 14.6 Å². The summed E-state index contributed by atoms with van der Waals surface area (Å²) in [6.07, 6.45) is 1.55. The summed E-state index contributed by atoms with van der Waals surface area (Å²) in [4.78, 5) is 4.52. The van der Waals surface area contributed by atoms with Crippen LogP contribution in [0.15, 0.2) is 42.6 Å². The number of rotatable bonds is 1. The highest BCUT2D eigenvalue weighted by Crippen LogP contribution is 2.20. The van der Waals surface area contributed by atoms with Crippen LogP contribution in [0, 0.1) is 18.3 Å². The first-order valence-electron chi connectivity index (χ1n) is 5.60. The van der Waals surface area contributed by atoms with Crippen molar-refractivity contribution >= 4 is 5.65 Å². The van der Waals surface area contributed by atoms with Crippen molar-refractivity contribution in [1.29, 1.82) is 5.26 Å². The molecule has 0 saturated carbocycles. The Balaban J connectivity index is 2.30. The number of fused-ring (bicyclic) bond motifs is 1. The number of nitrogens with zero attached hydrogens (tertiary/aromatic N) is 4. The Labute approximate surface area is 104 Å². The summed E-state index contributed by atoms with van der Waals surface area (Å²) in [5, 5.41) is 13.2. The lowest BCUT2D eigenvalue weighted by Crippen LogP contribution is -1.97. The van der Waals surface area contributed by atoms with Crippen LogP contribution in [0.3, 0.4) is 0 Å². The van der Waals surface area contributed by atoms with Crippen LogP contribution in [0.25, 0.3) is 16.9 Å². The lowest BCUT2D eigenvalue weighted by atomic mass is 10.1. The van der Waals surface area contributed by atoms with Gasteiger partial charge < -0.3 is 0 Å². The molecule has 0 atom stereocenters. The maximum absolute atomic E-state index is 9.03. The molecule has 18 heavy (non-hydrogen) atoms. The van der Waals surface area contributed by atoms with E-state index >= 15 is 0 Å². The zero-order valence-electron chi connectivity index (χ0n) is 9.83. The molecule has 4 heteroatoms. The topological polar surface area (TPSA) is 54.0 Å². The van der Waals surface area contributed by atoms with E-state index < -0.39 is 0 Å². The average molecular weight is 234 g/mol. The number of aromatic nitrogens is 3. The fourth-order valence-electron chi connectivity index (χ4n) is 1.95. The van der Waals surface area contributed by atoms with Crippen molar-refractivity contribution < 1.29 is 0 Å². The second-order valence-corrected chi connectivity index (χ2v) is 4.05. The quantitative estimate of drug-likeness (QED) is 0.650. The van der Waals surface area contributed by atoms with Gasteiger partial charge in [0, 0.05) is 11.3 Å². The summed E-state index contributed by atoms with van der Waals surface area (Å²) in [6, 6.07) is 14.0. The zero-order chi connectivity index (χ0) is 12.5. The van der Waals surface area contributed by atoms with E-state index in [-0.39, 0.29) is 0 Å². The Morgan fingerprint density at radius 2 is 2.00 bits per heavy atom. The van der Waals surface area contributed by atoms with E-state index in [2.05, 4.69) is 16.2 Å². The van der Waals surface area contributed by atoms with Gasteiger partial charge in [-0.3, -0.25) is 0 Å². The molecule has 2 aromatic heterocycles. The number of hydrogen-bond donors (Lipinski definition) is 0. The van der Waals surface area contributed by atoms with Crippen molar-refractivity contribution in [3.63, 3.8) is 0 Å². The molecule has 0 aliphatic rings. The van der Waals surface area contributed by atoms with Gasteiger partial charge in [-0.2, -0.15) is 10.4 Å². The maximum Gasteiger partial charge on any atom is 0.173 e. The molecule has 0 aliphatic carbocycles. The van der Waals surface area contributed by atoms with Crippen LogP contribution in [-0.2, 0) is 0 Å². The normalized spacial score (nSPS) is 10.4. The van der Waals surface area contributed by atoms with Gasteiger partial charge in [0.05, 0.1) is 11.9 Å². The Morgan fingerprint density at radius 3 is 2.72 bits per heavy atom. The third-order valence-electron chi connectivity index (χ3n) is 2.84. The highest BCUT2D eigenvalue weighted by atomic mass is 15.2. The van der Waals surface area contributed by atoms with Gasteiger partial charge in [-0.25, -0.2) is 9.50 Å². The van der Waals surface area contributed by atoms with Gasteiger partial charge in [-0.1, -0.05) is 30.3 Å². The molecule has 0 aliphatic heterocycles. The molecule has 0 saturated heterocycles. The van der Waals surface area contributed by atoms with E-state index in [0.717, 1.165) is 17.0 Å². The minimum Gasteiger partial charge on any atom is -0.227 e. The number of hydrogen-bond acceptors (Lipinski definition) is 3. The molecular formula is C14H10N4. The second kappa shape index (κ2) is 3.97. The van der Waals surface area contributed by atoms with Crippen molar-refractivity contribution in [2.45, 2.75) is 6.92 Å². The largest absolute Gasteiger partial charge is 0.227 e.